The largest absolute Gasteiger partial charge is 0.371 e. The number of likely N-dealkylation sites (tertiary alicyclic amines) is 1. The number of hydrogen-bond donors (Lipinski definition) is 0. The third-order valence-electron chi connectivity index (χ3n) is 4.17. The summed E-state index contributed by atoms with van der Waals surface area (Å²) in [6.45, 7) is 4.36. The molecule has 2 saturated heterocycles. The predicted molar refractivity (Wildman–Crippen MR) is 92.3 cm³/mol. The third kappa shape index (κ3) is 3.60. The summed E-state index contributed by atoms with van der Waals surface area (Å²) in [5.74, 6) is 1.89. The summed E-state index contributed by atoms with van der Waals surface area (Å²) in [7, 11) is 0. The summed E-state index contributed by atoms with van der Waals surface area (Å²) in [5.41, 5.74) is 2.02. The number of amides is 1. The molecule has 4 nitrogen and oxygen atoms in total. The molecule has 0 saturated carbocycles. The fourth-order valence-corrected chi connectivity index (χ4v) is 5.03. The Labute approximate surface area is 140 Å². The fourth-order valence-electron chi connectivity index (χ4n) is 3.05. The number of pyridine rings is 1. The van der Waals surface area contributed by atoms with Crippen molar-refractivity contribution in [3.63, 3.8) is 0 Å². The first-order valence-corrected chi connectivity index (χ1v) is 9.93. The average Bonchev–Trinajstić information content (AvgIpc) is 2.88. The van der Waals surface area contributed by atoms with Gasteiger partial charge in [-0.1, -0.05) is 6.07 Å². The minimum atomic E-state index is 0.249. The summed E-state index contributed by atoms with van der Waals surface area (Å²) in [5, 5.41) is 0. The lowest BCUT2D eigenvalue weighted by atomic mass is 9.93. The van der Waals surface area contributed by atoms with Crippen molar-refractivity contribution in [3.8, 4) is 0 Å². The molecule has 2 aliphatic heterocycles. The van der Waals surface area contributed by atoms with Crippen LogP contribution in [0.1, 0.15) is 17.8 Å². The third-order valence-corrected chi connectivity index (χ3v) is 6.28. The van der Waals surface area contributed by atoms with Gasteiger partial charge in [-0.3, -0.25) is 9.78 Å². The van der Waals surface area contributed by atoms with E-state index in [1.165, 1.54) is 0 Å². The summed E-state index contributed by atoms with van der Waals surface area (Å²) in [4.78, 5) is 18.3. The molecule has 2 fully saturated rings. The van der Waals surface area contributed by atoms with Crippen molar-refractivity contribution >= 4 is 29.4 Å². The van der Waals surface area contributed by atoms with E-state index in [0.717, 1.165) is 36.7 Å². The SMILES string of the molecule is CSCC(=O)N1CC2(C[C@H](OCc3cccc(C)n3)CS2)C1. The summed E-state index contributed by atoms with van der Waals surface area (Å²) >= 11 is 3.57. The molecule has 2 aliphatic rings. The molecule has 0 radical (unpaired) electrons. The molecule has 1 aromatic rings. The molecular formula is C16H22N2O2S2. The molecule has 1 atom stereocenters. The highest BCUT2D eigenvalue weighted by molar-refractivity contribution is 8.01. The Hall–Kier alpha value is -0.720. The first-order chi connectivity index (χ1) is 10.6. The zero-order chi connectivity index (χ0) is 15.6. The summed E-state index contributed by atoms with van der Waals surface area (Å²) in [6.07, 6.45) is 3.30. The zero-order valence-corrected chi connectivity index (χ0v) is 14.7. The van der Waals surface area contributed by atoms with Crippen LogP contribution in [-0.2, 0) is 16.1 Å². The van der Waals surface area contributed by atoms with E-state index in [9.17, 15) is 4.79 Å². The van der Waals surface area contributed by atoms with Crippen molar-refractivity contribution in [2.45, 2.75) is 30.8 Å². The average molecular weight is 338 g/mol. The molecule has 120 valence electrons. The smallest absolute Gasteiger partial charge is 0.232 e. The zero-order valence-electron chi connectivity index (χ0n) is 13.1. The maximum Gasteiger partial charge on any atom is 0.232 e. The summed E-state index contributed by atoms with van der Waals surface area (Å²) < 4.78 is 6.28. The van der Waals surface area contributed by atoms with Crippen LogP contribution in [0.4, 0.5) is 0 Å². The second-order valence-corrected chi connectivity index (χ2v) is 8.44. The van der Waals surface area contributed by atoms with E-state index in [2.05, 4.69) is 4.98 Å². The Morgan fingerprint density at radius 1 is 1.55 bits per heavy atom. The Bertz CT molecular complexity index is 547. The Balaban J connectivity index is 1.45. The number of ether oxygens (including phenoxy) is 1. The van der Waals surface area contributed by atoms with E-state index >= 15 is 0 Å². The molecular weight excluding hydrogens is 316 g/mol. The van der Waals surface area contributed by atoms with Gasteiger partial charge in [-0.2, -0.15) is 11.8 Å². The molecule has 1 spiro atoms. The van der Waals surface area contributed by atoms with Gasteiger partial charge in [0.25, 0.3) is 0 Å². The fraction of sp³-hybridized carbons (Fsp3) is 0.625. The first kappa shape index (κ1) is 16.1. The molecule has 3 rings (SSSR count). The van der Waals surface area contributed by atoms with Crippen LogP contribution >= 0.6 is 23.5 Å². The standard InChI is InChI=1S/C16H22N2O2S2/c1-12-4-3-5-13(17-12)7-20-14-6-16(22-8-14)10-18(11-16)15(19)9-21-2/h3-5,14H,6-11H2,1-2H3/t14-/m0/s1. The van der Waals surface area contributed by atoms with E-state index in [1.54, 1.807) is 11.8 Å². The summed E-state index contributed by atoms with van der Waals surface area (Å²) in [6, 6.07) is 6.03. The minimum absolute atomic E-state index is 0.249. The molecule has 0 N–H and O–H groups in total. The molecule has 22 heavy (non-hydrogen) atoms. The second kappa shape index (κ2) is 6.81. The number of thioether (sulfide) groups is 2. The van der Waals surface area contributed by atoms with Gasteiger partial charge in [-0.25, -0.2) is 0 Å². The molecule has 0 bridgehead atoms. The van der Waals surface area contributed by atoms with E-state index in [-0.39, 0.29) is 16.8 Å². The normalized spacial score (nSPS) is 22.8. The maximum absolute atomic E-state index is 11.8. The van der Waals surface area contributed by atoms with Crippen molar-refractivity contribution in [2.24, 2.45) is 0 Å². The van der Waals surface area contributed by atoms with E-state index < -0.39 is 0 Å². The van der Waals surface area contributed by atoms with Crippen LogP contribution in [0.15, 0.2) is 18.2 Å². The number of carbonyl (C=O) groups excluding carboxylic acids is 1. The van der Waals surface area contributed by atoms with Crippen molar-refractivity contribution in [1.29, 1.82) is 0 Å². The van der Waals surface area contributed by atoms with Crippen molar-refractivity contribution in [1.82, 2.24) is 9.88 Å². The number of aryl methyl sites for hydroxylation is 1. The number of carbonyl (C=O) groups is 1. The Morgan fingerprint density at radius 3 is 3.09 bits per heavy atom. The van der Waals surface area contributed by atoms with Gasteiger partial charge in [-0.15, -0.1) is 11.8 Å². The van der Waals surface area contributed by atoms with Crippen molar-refractivity contribution in [2.75, 3.05) is 30.9 Å². The lowest BCUT2D eigenvalue weighted by molar-refractivity contribution is -0.133. The molecule has 3 heterocycles. The van der Waals surface area contributed by atoms with Gasteiger partial charge in [0.2, 0.25) is 5.91 Å². The lowest BCUT2D eigenvalue weighted by Gasteiger charge is -2.47. The van der Waals surface area contributed by atoms with Gasteiger partial charge in [0.15, 0.2) is 0 Å². The van der Waals surface area contributed by atoms with E-state index in [4.69, 9.17) is 4.74 Å². The van der Waals surface area contributed by atoms with Crippen LogP contribution in [0.5, 0.6) is 0 Å². The van der Waals surface area contributed by atoms with E-state index in [0.29, 0.717) is 12.4 Å². The lowest BCUT2D eigenvalue weighted by Crippen LogP contribution is -2.61. The molecule has 6 heteroatoms. The quantitative estimate of drug-likeness (QED) is 0.824. The molecule has 0 aromatic carbocycles. The van der Waals surface area contributed by atoms with Gasteiger partial charge in [0.05, 0.1) is 28.9 Å². The monoisotopic (exact) mass is 338 g/mol. The van der Waals surface area contributed by atoms with Crippen LogP contribution in [0.3, 0.4) is 0 Å². The molecule has 0 aliphatic carbocycles. The number of rotatable bonds is 5. The molecule has 0 unspecified atom stereocenters. The topological polar surface area (TPSA) is 42.4 Å². The van der Waals surface area contributed by atoms with Crippen LogP contribution < -0.4 is 0 Å². The van der Waals surface area contributed by atoms with Gasteiger partial charge in [0.1, 0.15) is 0 Å². The Morgan fingerprint density at radius 2 is 2.36 bits per heavy atom. The highest BCUT2D eigenvalue weighted by Gasteiger charge is 2.50. The molecule has 1 amide bonds. The van der Waals surface area contributed by atoms with Crippen molar-refractivity contribution < 1.29 is 9.53 Å². The number of aromatic nitrogens is 1. The van der Waals surface area contributed by atoms with Crippen LogP contribution in [-0.4, -0.2) is 57.5 Å². The highest BCUT2D eigenvalue weighted by atomic mass is 32.2. The molecule has 1 aromatic heterocycles. The minimum Gasteiger partial charge on any atom is -0.371 e. The highest BCUT2D eigenvalue weighted by Crippen LogP contribution is 2.46. The van der Waals surface area contributed by atoms with Crippen LogP contribution in [0.2, 0.25) is 0 Å². The van der Waals surface area contributed by atoms with Gasteiger partial charge in [-0.05, 0) is 31.7 Å². The van der Waals surface area contributed by atoms with Crippen LogP contribution in [0, 0.1) is 6.92 Å². The Kier molecular flexibility index (Phi) is 5.00. The van der Waals surface area contributed by atoms with Crippen molar-refractivity contribution in [3.05, 3.63) is 29.6 Å². The first-order valence-electron chi connectivity index (χ1n) is 7.55. The van der Waals surface area contributed by atoms with Gasteiger partial charge in [0, 0.05) is 24.5 Å². The van der Waals surface area contributed by atoms with Gasteiger partial charge >= 0.3 is 0 Å². The van der Waals surface area contributed by atoms with Crippen LogP contribution in [0.25, 0.3) is 0 Å². The number of hydrogen-bond acceptors (Lipinski definition) is 5. The number of nitrogens with zero attached hydrogens (tertiary/aromatic N) is 2. The van der Waals surface area contributed by atoms with E-state index in [1.807, 2.05) is 48.0 Å². The predicted octanol–water partition coefficient (Wildman–Crippen LogP) is 2.36. The second-order valence-electron chi connectivity index (χ2n) is 6.08. The maximum atomic E-state index is 11.8. The van der Waals surface area contributed by atoms with Gasteiger partial charge < -0.3 is 9.64 Å².